The molecule has 0 bridgehead atoms. The number of primary amides is 4. The zero-order chi connectivity index (χ0) is 45.8. The van der Waals surface area contributed by atoms with Gasteiger partial charge in [0.1, 0.15) is 29.7 Å². The van der Waals surface area contributed by atoms with Gasteiger partial charge in [0.15, 0.2) is 0 Å². The number of carbonyl (C=O) groups is 4. The fourth-order valence-corrected chi connectivity index (χ4v) is 9.67. The van der Waals surface area contributed by atoms with E-state index in [1.54, 1.807) is 0 Å². The second-order valence-corrected chi connectivity index (χ2v) is 20.4. The van der Waals surface area contributed by atoms with Crippen LogP contribution in [0, 0.1) is 0 Å². The van der Waals surface area contributed by atoms with Crippen molar-refractivity contribution < 1.29 is 104 Å². The summed E-state index contributed by atoms with van der Waals surface area (Å²) in [4.78, 5) is 45.6. The van der Waals surface area contributed by atoms with Crippen LogP contribution in [0.2, 0.25) is 0 Å². The second kappa shape index (κ2) is 42.1. The van der Waals surface area contributed by atoms with Crippen LogP contribution in [0.15, 0.2) is 0 Å². The van der Waals surface area contributed by atoms with Gasteiger partial charge in [-0.1, -0.05) is 219 Å². The maximum absolute atomic E-state index is 11.6. The fraction of sp³-hybridized carbons (Fsp3) is 0.909. The van der Waals surface area contributed by atoms with E-state index in [0.29, 0.717) is 25.7 Å². The van der Waals surface area contributed by atoms with Crippen molar-refractivity contribution in [3.63, 3.8) is 0 Å². The number of nitrogens with two attached hydrogens (primary N) is 4. The minimum absolute atomic E-state index is 0. The van der Waals surface area contributed by atoms with E-state index in [-0.39, 0.29) is 72.0 Å². The number of hydrogen-bond donors (Lipinski definition) is 4. The van der Waals surface area contributed by atoms with Gasteiger partial charge >= 0.3 is 59.1 Å². The molecule has 14 nitrogen and oxygen atoms in total. The van der Waals surface area contributed by atoms with Gasteiger partial charge in [-0.25, -0.2) is 16.8 Å². The van der Waals surface area contributed by atoms with Gasteiger partial charge in [0.05, 0.1) is 12.8 Å². The Hall–Kier alpha value is -0.300. The zero-order valence-corrected chi connectivity index (χ0v) is 45.3. The maximum Gasteiger partial charge on any atom is 1.00 e. The summed E-state index contributed by atoms with van der Waals surface area (Å²) in [6.45, 7) is 4.48. The van der Waals surface area contributed by atoms with Gasteiger partial charge in [0.2, 0.25) is 23.6 Å². The van der Waals surface area contributed by atoms with Crippen molar-refractivity contribution in [2.24, 2.45) is 22.9 Å². The van der Waals surface area contributed by atoms with Crippen molar-refractivity contribution in [2.75, 3.05) is 0 Å². The third-order valence-electron chi connectivity index (χ3n) is 11.6. The smallest absolute Gasteiger partial charge is 0.747 e. The van der Waals surface area contributed by atoms with Crippen LogP contribution in [0.5, 0.6) is 0 Å². The third-order valence-corrected chi connectivity index (χ3v) is 14.7. The van der Waals surface area contributed by atoms with Crippen molar-refractivity contribution in [3.8, 4) is 0 Å². The summed E-state index contributed by atoms with van der Waals surface area (Å²) in [6, 6.07) is 0. The molecule has 2 unspecified atom stereocenters. The van der Waals surface area contributed by atoms with Crippen LogP contribution in [0.25, 0.3) is 0 Å². The van der Waals surface area contributed by atoms with Crippen LogP contribution in [-0.4, -0.2) is 59.1 Å². The van der Waals surface area contributed by atoms with Gasteiger partial charge in [-0.15, -0.1) is 0 Å². The second-order valence-electron chi connectivity index (χ2n) is 17.0. The van der Waals surface area contributed by atoms with Gasteiger partial charge in [-0.3, -0.25) is 19.2 Å². The van der Waals surface area contributed by atoms with Crippen molar-refractivity contribution in [1.82, 2.24) is 0 Å². The van der Waals surface area contributed by atoms with Crippen LogP contribution >= 0.6 is 0 Å². The van der Waals surface area contributed by atoms with E-state index in [1.807, 2.05) is 0 Å². The predicted molar refractivity (Wildman–Crippen MR) is 239 cm³/mol. The Morgan fingerprint density at radius 3 is 0.645 bits per heavy atom. The minimum Gasteiger partial charge on any atom is -0.747 e. The first-order valence-electron chi connectivity index (χ1n) is 23.4. The molecule has 4 amide bonds. The summed E-state index contributed by atoms with van der Waals surface area (Å²) in [5.74, 6) is -4.64. The van der Waals surface area contributed by atoms with Crippen LogP contribution in [0.1, 0.15) is 245 Å². The fourth-order valence-electron chi connectivity index (χ4n) is 7.75. The molecule has 0 fully saturated rings. The van der Waals surface area contributed by atoms with E-state index in [1.165, 1.54) is 141 Å². The first-order chi connectivity index (χ1) is 28.3. The quantitative estimate of drug-likeness (QED) is 0.0394. The van der Waals surface area contributed by atoms with Crippen LogP contribution in [-0.2, 0) is 39.4 Å². The molecule has 62 heavy (non-hydrogen) atoms. The predicted octanol–water partition coefficient (Wildman–Crippen LogP) is 2.57. The van der Waals surface area contributed by atoms with Gasteiger partial charge in [0, 0.05) is 0 Å². The maximum atomic E-state index is 11.6. The Kier molecular flexibility index (Phi) is 46.3. The van der Waals surface area contributed by atoms with Crippen molar-refractivity contribution in [3.05, 3.63) is 0 Å². The zero-order valence-electron chi connectivity index (χ0n) is 39.7. The van der Waals surface area contributed by atoms with Gasteiger partial charge < -0.3 is 32.0 Å². The molecule has 0 saturated carbocycles. The van der Waals surface area contributed by atoms with E-state index in [0.717, 1.165) is 38.5 Å². The summed E-state index contributed by atoms with van der Waals surface area (Å²) >= 11 is 0. The molecule has 0 rings (SSSR count). The molecule has 0 aliphatic carbocycles. The largest absolute Gasteiger partial charge is 1.00 e. The van der Waals surface area contributed by atoms with Crippen molar-refractivity contribution in [2.45, 2.75) is 254 Å². The third kappa shape index (κ3) is 34.1. The summed E-state index contributed by atoms with van der Waals surface area (Å²) < 4.78 is 64.5. The molecule has 0 radical (unpaired) electrons. The Balaban J connectivity index is -0.000000526. The molecule has 0 aliphatic rings. The molecule has 0 heterocycles. The molecule has 0 saturated heterocycles. The summed E-state index contributed by atoms with van der Waals surface area (Å²) in [7, 11) is -10.1. The van der Waals surface area contributed by atoms with Crippen LogP contribution in [0.4, 0.5) is 0 Å². The number of unbranched alkanes of at least 4 members (excludes halogenated alkanes) is 30. The molecular formula is C44H86N4Na2O10S2. The first kappa shape index (κ1) is 68.3. The molecular weight excluding hydrogens is 855 g/mol. The van der Waals surface area contributed by atoms with Gasteiger partial charge in [0.25, 0.3) is 0 Å². The van der Waals surface area contributed by atoms with Crippen molar-refractivity contribution in [1.29, 1.82) is 0 Å². The SMILES string of the molecule is CCCCCCCCCCCCCCCCCCC(CC(N)=O)(C(N)=O)S(=O)(=O)[O-].CCCCCCCCCCCCCCCCCCC(CC(N)=O)(C(N)=O)S(=O)(=O)[O-].[Na+].[Na+]. The van der Waals surface area contributed by atoms with Gasteiger partial charge in [-0.05, 0) is 12.8 Å². The van der Waals surface area contributed by atoms with E-state index >= 15 is 0 Å². The Labute approximate surface area is 422 Å². The molecule has 18 heteroatoms. The monoisotopic (exact) mass is 941 g/mol. The molecule has 0 spiro atoms. The van der Waals surface area contributed by atoms with Crippen LogP contribution in [0.3, 0.4) is 0 Å². The Bertz CT molecular complexity index is 1270. The topological polar surface area (TPSA) is 287 Å². The molecule has 0 aliphatic heterocycles. The minimum atomic E-state index is -5.07. The number of rotatable bonds is 42. The molecule has 0 aromatic carbocycles. The number of amides is 4. The van der Waals surface area contributed by atoms with E-state index in [2.05, 4.69) is 13.8 Å². The number of hydrogen-bond acceptors (Lipinski definition) is 10. The first-order valence-corrected chi connectivity index (χ1v) is 26.2. The molecule has 356 valence electrons. The normalized spacial score (nSPS) is 13.4. The summed E-state index contributed by atoms with van der Waals surface area (Å²) in [5.41, 5.74) is 20.3. The van der Waals surface area contributed by atoms with E-state index in [4.69, 9.17) is 22.9 Å². The van der Waals surface area contributed by atoms with Crippen molar-refractivity contribution >= 4 is 43.9 Å². The average molecular weight is 941 g/mol. The molecule has 2 atom stereocenters. The summed E-state index contributed by atoms with van der Waals surface area (Å²) in [5, 5.41) is 0. The standard InChI is InChI=1S/2C22H44N2O5S.2Na/c2*1-2-3-4-5-6-7-8-9-10-11-12-13-14-15-16-17-18-22(21(24)26,19-20(23)25)30(27,28)29;;/h2*2-19H2,1H3,(H2,23,25)(H2,24,26)(H,27,28,29);;/q;;2*+1/p-2. The average Bonchev–Trinajstić information content (AvgIpc) is 3.15. The van der Waals surface area contributed by atoms with Crippen LogP contribution < -0.4 is 82.0 Å². The van der Waals surface area contributed by atoms with E-state index in [9.17, 15) is 45.1 Å². The Morgan fingerprint density at radius 1 is 0.355 bits per heavy atom. The summed E-state index contributed by atoms with van der Waals surface area (Å²) in [6.07, 6.45) is 34.9. The van der Waals surface area contributed by atoms with E-state index < -0.39 is 66.2 Å². The number of carbonyl (C=O) groups excluding carboxylic acids is 4. The van der Waals surface area contributed by atoms with Gasteiger partial charge in [-0.2, -0.15) is 0 Å². The molecule has 8 N–H and O–H groups in total. The molecule has 0 aromatic rings. The Morgan fingerprint density at radius 2 is 0.516 bits per heavy atom. The molecule has 0 aromatic heterocycles.